The average Bonchev–Trinajstić information content (AvgIpc) is 2.80. The van der Waals surface area contributed by atoms with Gasteiger partial charge in [-0.15, -0.1) is 0 Å². The topological polar surface area (TPSA) is 54.5 Å². The zero-order valence-electron chi connectivity index (χ0n) is 17.5. The second-order valence-electron chi connectivity index (χ2n) is 8.30. The fourth-order valence-electron chi connectivity index (χ4n) is 4.28. The summed E-state index contributed by atoms with van der Waals surface area (Å²) in [6, 6.07) is 13.2. The molecule has 0 saturated carbocycles. The monoisotopic (exact) mass is 405 g/mol. The number of benzene rings is 1. The minimum Gasteiger partial charge on any atom is -0.490 e. The number of amides is 1. The fourth-order valence-corrected chi connectivity index (χ4v) is 4.28. The van der Waals surface area contributed by atoms with Crippen molar-refractivity contribution in [3.05, 3.63) is 72.1 Å². The van der Waals surface area contributed by atoms with E-state index in [0.29, 0.717) is 12.1 Å². The van der Waals surface area contributed by atoms with E-state index >= 15 is 0 Å². The molecule has 2 aromatic rings. The van der Waals surface area contributed by atoms with Crippen molar-refractivity contribution in [3.8, 4) is 5.75 Å². The van der Waals surface area contributed by atoms with Gasteiger partial charge in [0.1, 0.15) is 11.9 Å². The maximum atomic E-state index is 12.5. The highest BCUT2D eigenvalue weighted by molar-refractivity contribution is 5.94. The molecule has 1 fully saturated rings. The molecule has 0 bridgehead atoms. The lowest BCUT2D eigenvalue weighted by molar-refractivity contribution is 0.0892. The summed E-state index contributed by atoms with van der Waals surface area (Å²) in [5, 5.41) is 2.92. The maximum Gasteiger partial charge on any atom is 0.251 e. The molecule has 4 rings (SSSR count). The Hall–Kier alpha value is -2.66. The Morgan fingerprint density at radius 3 is 2.77 bits per heavy atom. The lowest BCUT2D eigenvalue weighted by Gasteiger charge is -2.34. The summed E-state index contributed by atoms with van der Waals surface area (Å²) in [5.74, 6) is 1.48. The van der Waals surface area contributed by atoms with E-state index < -0.39 is 0 Å². The predicted octanol–water partition coefficient (Wildman–Crippen LogP) is 4.21. The van der Waals surface area contributed by atoms with Crippen LogP contribution in [0.25, 0.3) is 0 Å². The van der Waals surface area contributed by atoms with Crippen molar-refractivity contribution >= 4 is 5.91 Å². The number of hydrogen-bond donors (Lipinski definition) is 1. The number of allylic oxidation sites excluding steroid dienone is 2. The molecule has 0 spiro atoms. The Bertz CT molecular complexity index is 844. The molecule has 1 aliphatic carbocycles. The number of ether oxygens (including phenoxy) is 1. The summed E-state index contributed by atoms with van der Waals surface area (Å²) < 4.78 is 6.22. The van der Waals surface area contributed by atoms with Crippen molar-refractivity contribution in [2.75, 3.05) is 19.6 Å². The van der Waals surface area contributed by atoms with Crippen molar-refractivity contribution in [3.63, 3.8) is 0 Å². The number of piperidine rings is 1. The van der Waals surface area contributed by atoms with Gasteiger partial charge in [0.2, 0.25) is 0 Å². The summed E-state index contributed by atoms with van der Waals surface area (Å²) in [5.41, 5.74) is 1.46. The van der Waals surface area contributed by atoms with E-state index in [1.165, 1.54) is 25.8 Å². The van der Waals surface area contributed by atoms with Gasteiger partial charge in [-0.3, -0.25) is 9.78 Å². The van der Waals surface area contributed by atoms with Crippen molar-refractivity contribution in [1.29, 1.82) is 0 Å². The van der Waals surface area contributed by atoms with Crippen molar-refractivity contribution in [1.82, 2.24) is 15.2 Å². The summed E-state index contributed by atoms with van der Waals surface area (Å²) in [6.45, 7) is 3.81. The minimum absolute atomic E-state index is 0.109. The molecule has 1 aromatic heterocycles. The molecule has 0 radical (unpaired) electrons. The Labute approximate surface area is 179 Å². The number of likely N-dealkylation sites (tertiary alicyclic amines) is 1. The van der Waals surface area contributed by atoms with E-state index in [2.05, 4.69) is 27.4 Å². The molecule has 1 unspecified atom stereocenters. The van der Waals surface area contributed by atoms with Crippen molar-refractivity contribution < 1.29 is 9.53 Å². The Balaban J connectivity index is 1.24. The number of pyridine rings is 1. The van der Waals surface area contributed by atoms with Gasteiger partial charge in [0.25, 0.3) is 5.91 Å². The summed E-state index contributed by atoms with van der Waals surface area (Å²) >= 11 is 0. The molecule has 1 amide bonds. The quantitative estimate of drug-likeness (QED) is 0.701. The number of hydrogen-bond acceptors (Lipinski definition) is 4. The van der Waals surface area contributed by atoms with Gasteiger partial charge in [-0.05, 0) is 68.4 Å². The average molecular weight is 406 g/mol. The van der Waals surface area contributed by atoms with E-state index in [-0.39, 0.29) is 12.0 Å². The van der Waals surface area contributed by atoms with Gasteiger partial charge in [0, 0.05) is 31.4 Å². The molecule has 1 N–H and O–H groups in total. The van der Waals surface area contributed by atoms with Crippen molar-refractivity contribution in [2.45, 2.75) is 44.8 Å². The zero-order chi connectivity index (χ0) is 20.6. The molecule has 5 heteroatoms. The van der Waals surface area contributed by atoms with Crippen LogP contribution in [0.5, 0.6) is 5.75 Å². The van der Waals surface area contributed by atoms with Crippen LogP contribution in [0.1, 0.15) is 48.2 Å². The standard InChI is InChI=1S/C25H31N3O2/c29-25(27-18-22-10-4-5-14-26-22)21-9-6-11-24(17-21)30-23-12-15-28(16-13-23)19-20-7-2-1-3-8-20/h1-2,4-6,9-11,14,17,20,23H,3,7-8,12-13,15-16,18-19H2,(H,27,29). The van der Waals surface area contributed by atoms with Gasteiger partial charge >= 0.3 is 0 Å². The Kier molecular flexibility index (Phi) is 7.14. The molecule has 1 aliphatic heterocycles. The van der Waals surface area contributed by atoms with Crippen LogP contribution >= 0.6 is 0 Å². The van der Waals surface area contributed by atoms with Gasteiger partial charge < -0.3 is 15.0 Å². The molecular formula is C25H31N3O2. The minimum atomic E-state index is -0.109. The largest absolute Gasteiger partial charge is 0.490 e. The Morgan fingerprint density at radius 2 is 2.00 bits per heavy atom. The maximum absolute atomic E-state index is 12.5. The molecule has 1 saturated heterocycles. The summed E-state index contributed by atoms with van der Waals surface area (Å²) in [6.07, 6.45) is 12.5. The lowest BCUT2D eigenvalue weighted by atomic mass is 9.93. The van der Waals surface area contributed by atoms with Crippen molar-refractivity contribution in [2.24, 2.45) is 5.92 Å². The van der Waals surface area contributed by atoms with E-state index in [4.69, 9.17) is 4.74 Å². The van der Waals surface area contributed by atoms with Crippen LogP contribution in [-0.4, -0.2) is 41.5 Å². The first-order valence-electron chi connectivity index (χ1n) is 11.1. The highest BCUT2D eigenvalue weighted by Crippen LogP contribution is 2.24. The van der Waals surface area contributed by atoms with E-state index in [0.717, 1.165) is 43.3 Å². The number of carbonyl (C=O) groups is 1. The Morgan fingerprint density at radius 1 is 1.10 bits per heavy atom. The van der Waals surface area contributed by atoms with Gasteiger partial charge in [0.15, 0.2) is 0 Å². The number of aromatic nitrogens is 1. The number of carbonyl (C=O) groups excluding carboxylic acids is 1. The van der Waals surface area contributed by atoms with Gasteiger partial charge in [-0.25, -0.2) is 0 Å². The normalized spacial score (nSPS) is 20.1. The first-order chi connectivity index (χ1) is 14.8. The lowest BCUT2D eigenvalue weighted by Crippen LogP contribution is -2.40. The molecule has 5 nitrogen and oxygen atoms in total. The number of nitrogens with one attached hydrogen (secondary N) is 1. The van der Waals surface area contributed by atoms with Crippen LogP contribution in [0, 0.1) is 5.92 Å². The summed E-state index contributed by atoms with van der Waals surface area (Å²) in [4.78, 5) is 19.3. The smallest absolute Gasteiger partial charge is 0.251 e. The molecular weight excluding hydrogens is 374 g/mol. The molecule has 2 aliphatic rings. The first kappa shape index (κ1) is 20.6. The van der Waals surface area contributed by atoms with E-state index in [1.54, 1.807) is 6.20 Å². The summed E-state index contributed by atoms with van der Waals surface area (Å²) in [7, 11) is 0. The molecule has 30 heavy (non-hydrogen) atoms. The van der Waals surface area contributed by atoms with Crippen LogP contribution < -0.4 is 10.1 Å². The van der Waals surface area contributed by atoms with Gasteiger partial charge in [-0.2, -0.15) is 0 Å². The van der Waals surface area contributed by atoms with Gasteiger partial charge in [-0.1, -0.05) is 24.3 Å². The van der Waals surface area contributed by atoms with Crippen LogP contribution in [-0.2, 0) is 6.54 Å². The zero-order valence-corrected chi connectivity index (χ0v) is 17.5. The number of rotatable bonds is 7. The third kappa shape index (κ3) is 5.92. The van der Waals surface area contributed by atoms with E-state index in [9.17, 15) is 4.79 Å². The third-order valence-corrected chi connectivity index (χ3v) is 5.98. The fraction of sp³-hybridized carbons (Fsp3) is 0.440. The second kappa shape index (κ2) is 10.4. The van der Waals surface area contributed by atoms with Crippen LogP contribution in [0.15, 0.2) is 60.8 Å². The highest BCUT2D eigenvalue weighted by atomic mass is 16.5. The number of nitrogens with zero attached hydrogens (tertiary/aromatic N) is 2. The van der Waals surface area contributed by atoms with E-state index in [1.807, 2.05) is 42.5 Å². The van der Waals surface area contributed by atoms with Crippen LogP contribution in [0.2, 0.25) is 0 Å². The second-order valence-corrected chi connectivity index (χ2v) is 8.30. The predicted molar refractivity (Wildman–Crippen MR) is 118 cm³/mol. The van der Waals surface area contributed by atoms with Gasteiger partial charge in [0.05, 0.1) is 12.2 Å². The first-order valence-corrected chi connectivity index (χ1v) is 11.1. The molecule has 2 heterocycles. The van der Waals surface area contributed by atoms with Crippen LogP contribution in [0.4, 0.5) is 0 Å². The third-order valence-electron chi connectivity index (χ3n) is 5.98. The highest BCUT2D eigenvalue weighted by Gasteiger charge is 2.23. The molecule has 1 atom stereocenters. The molecule has 1 aromatic carbocycles. The molecule has 158 valence electrons. The van der Waals surface area contributed by atoms with Crippen LogP contribution in [0.3, 0.4) is 0 Å². The SMILES string of the molecule is O=C(NCc1ccccn1)c1cccc(OC2CCN(CC3CC=CCC3)CC2)c1.